The lowest BCUT2D eigenvalue weighted by atomic mass is 9.90. The second-order valence-corrected chi connectivity index (χ2v) is 14.4. The summed E-state index contributed by atoms with van der Waals surface area (Å²) in [5.74, 6) is -1.73. The van der Waals surface area contributed by atoms with Crippen LogP contribution >= 0.6 is 0 Å². The van der Waals surface area contributed by atoms with Crippen molar-refractivity contribution in [3.05, 3.63) is 77.5 Å². The van der Waals surface area contributed by atoms with Gasteiger partial charge in [-0.2, -0.15) is 0 Å². The first-order chi connectivity index (χ1) is 24.5. The molecule has 14 heteroatoms. The van der Waals surface area contributed by atoms with Crippen LogP contribution < -0.4 is 16.0 Å². The molecule has 0 radical (unpaired) electrons. The number of ether oxygens (including phenoxy) is 4. The highest BCUT2D eigenvalue weighted by atomic mass is 16.6. The first-order valence-corrected chi connectivity index (χ1v) is 17.3. The van der Waals surface area contributed by atoms with Gasteiger partial charge in [0.2, 0.25) is 5.96 Å². The fourth-order valence-corrected chi connectivity index (χ4v) is 6.07. The zero-order chi connectivity index (χ0) is 38.1. The minimum atomic E-state index is -0.983. The lowest BCUT2D eigenvalue weighted by Crippen LogP contribution is -2.52. The van der Waals surface area contributed by atoms with Crippen LogP contribution in [0.1, 0.15) is 78.9 Å². The number of nitrogens with zero attached hydrogens (tertiary/aromatic N) is 2. The Balaban J connectivity index is 1.58. The fraction of sp³-hybridized carbons (Fsp3) is 0.474. The van der Waals surface area contributed by atoms with Crippen LogP contribution in [0.15, 0.2) is 71.4 Å². The predicted octanol–water partition coefficient (Wildman–Crippen LogP) is 5.67. The standard InChI is InChI=1S/C38H49N5O9/c1-8-49-32(45)30-26(19-20-39-33(41-35(47)51-37(2,3)4)42-36(48)52-38(5,6)7)21-27-22-28(25-17-13-10-14-18-25)29(31(44)43(27)30)40-34(46)50-23-24-15-11-9-12-16-24/h9-18,26-27,30H,8,19-23H2,1-7H3,(H,40,46)(H2,39,41,42,47,48)/t26-,27+,30-/m0/s1. The van der Waals surface area contributed by atoms with E-state index in [2.05, 4.69) is 20.9 Å². The van der Waals surface area contributed by atoms with Crippen LogP contribution in [0, 0.1) is 5.92 Å². The maximum atomic E-state index is 14.4. The highest BCUT2D eigenvalue weighted by molar-refractivity contribution is 6.07. The molecule has 2 aliphatic rings. The summed E-state index contributed by atoms with van der Waals surface area (Å²) in [5, 5.41) is 7.60. The van der Waals surface area contributed by atoms with Crippen LogP contribution in [0.5, 0.6) is 0 Å². The average Bonchev–Trinajstić information content (AvgIpc) is 3.42. The van der Waals surface area contributed by atoms with E-state index in [-0.39, 0.29) is 37.8 Å². The Labute approximate surface area is 304 Å². The van der Waals surface area contributed by atoms with Crippen LogP contribution in [0.2, 0.25) is 0 Å². The number of fused-ring (bicyclic) bond motifs is 1. The van der Waals surface area contributed by atoms with Crippen LogP contribution in [-0.4, -0.2) is 77.5 Å². The van der Waals surface area contributed by atoms with Crippen LogP contribution in [-0.2, 0) is 35.1 Å². The molecule has 0 bridgehead atoms. The Morgan fingerprint density at radius 1 is 0.827 bits per heavy atom. The Morgan fingerprint density at radius 3 is 1.96 bits per heavy atom. The van der Waals surface area contributed by atoms with Gasteiger partial charge in [-0.15, -0.1) is 0 Å². The van der Waals surface area contributed by atoms with Gasteiger partial charge in [0.05, 0.1) is 6.61 Å². The molecule has 14 nitrogen and oxygen atoms in total. The molecule has 2 aromatic rings. The number of carbonyl (C=O) groups excluding carboxylic acids is 5. The van der Waals surface area contributed by atoms with E-state index >= 15 is 0 Å². The SMILES string of the molecule is CCOC(=O)[C@@H]1[C@@H](CCN=C(NC(=O)OC(C)(C)C)NC(=O)OC(C)(C)C)C[C@@H]2CC(c3ccccc3)=C(NC(=O)OCc3ccccc3)C(=O)N21. The molecule has 3 atom stereocenters. The highest BCUT2D eigenvalue weighted by Crippen LogP contribution is 2.42. The summed E-state index contributed by atoms with van der Waals surface area (Å²) in [7, 11) is 0. The zero-order valence-electron chi connectivity index (χ0n) is 30.8. The number of rotatable bonds is 9. The van der Waals surface area contributed by atoms with Crippen molar-refractivity contribution >= 4 is 41.7 Å². The second-order valence-electron chi connectivity index (χ2n) is 14.4. The lowest BCUT2D eigenvalue weighted by molar-refractivity contribution is -0.154. The van der Waals surface area contributed by atoms with E-state index in [0.717, 1.165) is 11.1 Å². The first-order valence-electron chi connectivity index (χ1n) is 17.3. The molecule has 1 fully saturated rings. The fourth-order valence-electron chi connectivity index (χ4n) is 6.07. The summed E-state index contributed by atoms with van der Waals surface area (Å²) < 4.78 is 21.6. The second kappa shape index (κ2) is 17.2. The van der Waals surface area contributed by atoms with E-state index in [1.807, 2.05) is 60.7 Å². The monoisotopic (exact) mass is 719 g/mol. The molecule has 0 spiro atoms. The Bertz CT molecular complexity index is 1630. The van der Waals surface area contributed by atoms with Gasteiger partial charge in [-0.1, -0.05) is 60.7 Å². The zero-order valence-corrected chi connectivity index (χ0v) is 30.8. The molecular weight excluding hydrogens is 670 g/mol. The summed E-state index contributed by atoms with van der Waals surface area (Å²) in [4.78, 5) is 72.0. The van der Waals surface area contributed by atoms with E-state index in [1.54, 1.807) is 48.5 Å². The van der Waals surface area contributed by atoms with Gasteiger partial charge in [0.25, 0.3) is 5.91 Å². The number of benzene rings is 2. The molecule has 2 aliphatic heterocycles. The minimum Gasteiger partial charge on any atom is -0.464 e. The van der Waals surface area contributed by atoms with Crippen molar-refractivity contribution < 1.29 is 42.9 Å². The summed E-state index contributed by atoms with van der Waals surface area (Å²) in [6.07, 6.45) is -1.41. The molecule has 52 heavy (non-hydrogen) atoms. The maximum absolute atomic E-state index is 14.4. The van der Waals surface area contributed by atoms with Gasteiger partial charge < -0.3 is 23.8 Å². The molecule has 2 heterocycles. The van der Waals surface area contributed by atoms with Gasteiger partial charge in [0.1, 0.15) is 29.5 Å². The Hall–Kier alpha value is -5.40. The molecule has 0 aliphatic carbocycles. The summed E-state index contributed by atoms with van der Waals surface area (Å²) in [6, 6.07) is 17.0. The molecule has 2 aromatic carbocycles. The molecule has 1 saturated heterocycles. The van der Waals surface area contributed by atoms with E-state index in [9.17, 15) is 24.0 Å². The smallest absolute Gasteiger partial charge is 0.414 e. The van der Waals surface area contributed by atoms with Gasteiger partial charge in [-0.05, 0) is 90.3 Å². The van der Waals surface area contributed by atoms with Crippen molar-refractivity contribution in [3.8, 4) is 0 Å². The number of guanidine groups is 1. The van der Waals surface area contributed by atoms with Crippen LogP contribution in [0.25, 0.3) is 5.57 Å². The Morgan fingerprint density at radius 2 is 1.40 bits per heavy atom. The topological polar surface area (TPSA) is 174 Å². The minimum absolute atomic E-state index is 0.00273. The van der Waals surface area contributed by atoms with Crippen molar-refractivity contribution in [3.63, 3.8) is 0 Å². The van der Waals surface area contributed by atoms with Crippen molar-refractivity contribution in [2.75, 3.05) is 13.2 Å². The third-order valence-electron chi connectivity index (χ3n) is 8.00. The number of esters is 1. The summed E-state index contributed by atoms with van der Waals surface area (Å²) in [5.41, 5.74) is 0.556. The number of aliphatic imine (C=N–C) groups is 1. The van der Waals surface area contributed by atoms with Gasteiger partial charge in [0.15, 0.2) is 0 Å². The van der Waals surface area contributed by atoms with E-state index in [1.165, 1.54) is 4.90 Å². The molecule has 3 N–H and O–H groups in total. The first kappa shape index (κ1) is 39.4. The van der Waals surface area contributed by atoms with E-state index in [0.29, 0.717) is 18.4 Å². The molecule has 4 amide bonds. The molecule has 0 aromatic heterocycles. The van der Waals surface area contributed by atoms with Crippen molar-refractivity contribution in [1.29, 1.82) is 0 Å². The molecule has 0 saturated carbocycles. The number of amides is 4. The van der Waals surface area contributed by atoms with E-state index in [4.69, 9.17) is 18.9 Å². The molecular formula is C38H49N5O9. The number of hydrogen-bond acceptors (Lipinski definition) is 10. The summed E-state index contributed by atoms with van der Waals surface area (Å²) >= 11 is 0. The number of alkyl carbamates (subject to hydrolysis) is 3. The molecule has 0 unspecified atom stereocenters. The quantitative estimate of drug-likeness (QED) is 0.128. The van der Waals surface area contributed by atoms with Crippen molar-refractivity contribution in [2.24, 2.45) is 10.9 Å². The maximum Gasteiger partial charge on any atom is 0.414 e. The number of nitrogens with one attached hydrogen (secondary N) is 3. The van der Waals surface area contributed by atoms with Crippen LogP contribution in [0.4, 0.5) is 14.4 Å². The normalized spacial score (nSPS) is 18.5. The highest BCUT2D eigenvalue weighted by Gasteiger charge is 2.51. The molecule has 4 rings (SSSR count). The van der Waals surface area contributed by atoms with Crippen molar-refractivity contribution in [2.45, 2.75) is 97.6 Å². The third kappa shape index (κ3) is 11.3. The predicted molar refractivity (Wildman–Crippen MR) is 193 cm³/mol. The van der Waals surface area contributed by atoms with Gasteiger partial charge in [-0.3, -0.25) is 25.7 Å². The third-order valence-corrected chi connectivity index (χ3v) is 8.00. The average molecular weight is 720 g/mol. The lowest BCUT2D eigenvalue weighted by Gasteiger charge is -2.36. The summed E-state index contributed by atoms with van der Waals surface area (Å²) in [6.45, 7) is 12.0. The van der Waals surface area contributed by atoms with Crippen molar-refractivity contribution in [1.82, 2.24) is 20.9 Å². The Kier molecular flexibility index (Phi) is 13.0. The van der Waals surface area contributed by atoms with Gasteiger partial charge in [-0.25, -0.2) is 19.2 Å². The largest absolute Gasteiger partial charge is 0.464 e. The van der Waals surface area contributed by atoms with E-state index < -0.39 is 59.4 Å². The number of carbonyl (C=O) groups is 5. The van der Waals surface area contributed by atoms with Gasteiger partial charge in [0, 0.05) is 12.6 Å². The van der Waals surface area contributed by atoms with Crippen LogP contribution in [0.3, 0.4) is 0 Å². The van der Waals surface area contributed by atoms with Gasteiger partial charge >= 0.3 is 24.2 Å². The number of hydrogen-bond donors (Lipinski definition) is 3. The molecule has 280 valence electrons.